The molecule has 358 valence electrons. The summed E-state index contributed by atoms with van der Waals surface area (Å²) < 4.78 is 52.2. The molecule has 4 heterocycles. The molecule has 66 heavy (non-hydrogen) atoms. The summed E-state index contributed by atoms with van der Waals surface area (Å²) in [6.45, 7) is 16.5. The molecule has 0 spiro atoms. The topological polar surface area (TPSA) is 201 Å². The number of halogens is 2. The van der Waals surface area contributed by atoms with Crippen LogP contribution in [0.15, 0.2) is 36.4 Å². The first kappa shape index (κ1) is 49.2. The van der Waals surface area contributed by atoms with Crippen molar-refractivity contribution in [1.29, 1.82) is 0 Å². The predicted molar refractivity (Wildman–Crippen MR) is 241 cm³/mol. The number of benzene rings is 2. The van der Waals surface area contributed by atoms with E-state index >= 15 is 0 Å². The SMILES string of the molecule is CC[C@H](NC(=O)OC(C)(C)C)C(=O)N1C[C@@H](OC(C)=O)CC1Cc1c(-c2[nH]c3cc(F)ccc3c2C[C@@H]2C[C@H](OC(C)=O)CN2C(=O)[C@@H](CC)NC(=O)OC(C)(C)C)[nH]c2cc(F)ccc12. The van der Waals surface area contributed by atoms with Crippen LogP contribution in [0.2, 0.25) is 0 Å². The summed E-state index contributed by atoms with van der Waals surface area (Å²) in [5.41, 5.74) is 1.61. The van der Waals surface area contributed by atoms with Gasteiger partial charge in [0.05, 0.1) is 24.5 Å². The number of fused-ring (bicyclic) bond motifs is 2. The third kappa shape index (κ3) is 11.8. The highest BCUT2D eigenvalue weighted by Gasteiger charge is 2.43. The third-order valence-electron chi connectivity index (χ3n) is 11.6. The molecule has 6 rings (SSSR count). The van der Waals surface area contributed by atoms with Gasteiger partial charge >= 0.3 is 24.1 Å². The van der Waals surface area contributed by atoms with E-state index in [1.807, 2.05) is 0 Å². The van der Waals surface area contributed by atoms with E-state index in [0.717, 1.165) is 0 Å². The summed E-state index contributed by atoms with van der Waals surface area (Å²) in [7, 11) is 0. The molecule has 6 atom stereocenters. The summed E-state index contributed by atoms with van der Waals surface area (Å²) in [4.78, 5) is 89.1. The molecule has 2 aromatic carbocycles. The summed E-state index contributed by atoms with van der Waals surface area (Å²) >= 11 is 0. The van der Waals surface area contributed by atoms with Gasteiger partial charge in [0.2, 0.25) is 11.8 Å². The zero-order valence-corrected chi connectivity index (χ0v) is 39.3. The number of esters is 2. The zero-order chi connectivity index (χ0) is 48.4. The normalized spacial score (nSPS) is 19.7. The molecule has 18 heteroatoms. The molecule has 4 amide bonds. The van der Waals surface area contributed by atoms with E-state index in [4.69, 9.17) is 18.9 Å². The molecule has 0 bridgehead atoms. The fourth-order valence-corrected chi connectivity index (χ4v) is 9.07. The molecule has 2 saturated heterocycles. The highest BCUT2D eigenvalue weighted by Crippen LogP contribution is 2.40. The van der Waals surface area contributed by atoms with E-state index in [-0.39, 0.29) is 51.6 Å². The van der Waals surface area contributed by atoms with Gasteiger partial charge in [-0.05, 0) is 115 Å². The Morgan fingerprint density at radius 3 is 1.33 bits per heavy atom. The van der Waals surface area contributed by atoms with Crippen molar-refractivity contribution in [2.75, 3.05) is 13.1 Å². The van der Waals surface area contributed by atoms with Gasteiger partial charge in [0.25, 0.3) is 0 Å². The quantitative estimate of drug-likeness (QED) is 0.0776. The van der Waals surface area contributed by atoms with Crippen molar-refractivity contribution in [2.45, 2.75) is 155 Å². The van der Waals surface area contributed by atoms with Gasteiger partial charge in [0, 0.05) is 60.6 Å². The number of likely N-dealkylation sites (tertiary alicyclic amines) is 2. The highest BCUT2D eigenvalue weighted by atomic mass is 19.1. The van der Waals surface area contributed by atoms with Gasteiger partial charge in [-0.25, -0.2) is 18.4 Å². The van der Waals surface area contributed by atoms with Crippen LogP contribution in [-0.2, 0) is 51.0 Å². The van der Waals surface area contributed by atoms with E-state index in [0.29, 0.717) is 44.3 Å². The molecular weight excluding hydrogens is 859 g/mol. The number of aromatic nitrogens is 2. The second-order valence-electron chi connectivity index (χ2n) is 19.2. The van der Waals surface area contributed by atoms with Crippen LogP contribution < -0.4 is 10.6 Å². The van der Waals surface area contributed by atoms with Gasteiger partial charge in [0.1, 0.15) is 47.1 Å². The molecule has 2 aromatic heterocycles. The number of carbonyl (C=O) groups is 6. The van der Waals surface area contributed by atoms with Gasteiger partial charge < -0.3 is 49.3 Å². The number of nitrogens with zero attached hydrogens (tertiary/aromatic N) is 2. The lowest BCUT2D eigenvalue weighted by molar-refractivity contribution is -0.147. The Balaban J connectivity index is 1.43. The van der Waals surface area contributed by atoms with Crippen LogP contribution in [-0.4, -0.2) is 116 Å². The van der Waals surface area contributed by atoms with E-state index < -0.39 is 95.2 Å². The van der Waals surface area contributed by atoms with Crippen molar-refractivity contribution >= 4 is 57.7 Å². The maximum Gasteiger partial charge on any atom is 0.408 e. The fourth-order valence-electron chi connectivity index (χ4n) is 9.07. The maximum atomic E-state index is 15.0. The second kappa shape index (κ2) is 19.7. The van der Waals surface area contributed by atoms with E-state index in [9.17, 15) is 37.5 Å². The number of H-pyrrole nitrogens is 2. The van der Waals surface area contributed by atoms with Crippen LogP contribution in [0.3, 0.4) is 0 Å². The first-order chi connectivity index (χ1) is 30.9. The van der Waals surface area contributed by atoms with Gasteiger partial charge in [0.15, 0.2) is 0 Å². The molecular formula is C48H62F2N6O10. The fraction of sp³-hybridized carbons (Fsp3) is 0.542. The number of alkyl carbamates (subject to hydrolysis) is 2. The van der Waals surface area contributed by atoms with Crippen molar-refractivity contribution in [1.82, 2.24) is 30.4 Å². The first-order valence-electron chi connectivity index (χ1n) is 22.5. The number of hydrogen-bond acceptors (Lipinski definition) is 10. The smallest absolute Gasteiger partial charge is 0.408 e. The monoisotopic (exact) mass is 920 g/mol. The Labute approximate surface area is 382 Å². The van der Waals surface area contributed by atoms with E-state index in [2.05, 4.69) is 20.6 Å². The average Bonchev–Trinajstić information content (AvgIpc) is 3.96. The number of carbonyl (C=O) groups excluding carboxylic acids is 6. The van der Waals surface area contributed by atoms with Crippen molar-refractivity contribution in [2.24, 2.45) is 0 Å². The minimum Gasteiger partial charge on any atom is -0.461 e. The van der Waals surface area contributed by atoms with Gasteiger partial charge in [-0.2, -0.15) is 0 Å². The molecule has 0 radical (unpaired) electrons. The second-order valence-corrected chi connectivity index (χ2v) is 19.2. The summed E-state index contributed by atoms with van der Waals surface area (Å²) in [6, 6.07) is 5.53. The lowest BCUT2D eigenvalue weighted by atomic mass is 9.94. The van der Waals surface area contributed by atoms with Gasteiger partial charge in [-0.3, -0.25) is 19.2 Å². The van der Waals surface area contributed by atoms with Gasteiger partial charge in [-0.1, -0.05) is 13.8 Å². The number of nitrogens with one attached hydrogen (secondary N) is 4. The Morgan fingerprint density at radius 1 is 0.652 bits per heavy atom. The van der Waals surface area contributed by atoms with Crippen LogP contribution >= 0.6 is 0 Å². The maximum absolute atomic E-state index is 15.0. The molecule has 4 aromatic rings. The van der Waals surface area contributed by atoms with Crippen LogP contribution in [0.25, 0.3) is 33.2 Å². The summed E-state index contributed by atoms with van der Waals surface area (Å²) in [5.74, 6) is -2.86. The van der Waals surface area contributed by atoms with Crippen molar-refractivity contribution in [3.63, 3.8) is 0 Å². The summed E-state index contributed by atoms with van der Waals surface area (Å²) in [5, 5.41) is 6.66. The van der Waals surface area contributed by atoms with Crippen LogP contribution in [0.5, 0.6) is 0 Å². The van der Waals surface area contributed by atoms with Crippen molar-refractivity contribution in [3.8, 4) is 11.4 Å². The molecule has 2 aliphatic heterocycles. The Morgan fingerprint density at radius 2 is 1.02 bits per heavy atom. The number of hydrogen-bond donors (Lipinski definition) is 4. The van der Waals surface area contributed by atoms with Gasteiger partial charge in [-0.15, -0.1) is 0 Å². The van der Waals surface area contributed by atoms with E-state index in [1.54, 1.807) is 77.3 Å². The summed E-state index contributed by atoms with van der Waals surface area (Å²) in [6.07, 6.45) is -1.53. The lowest BCUT2D eigenvalue weighted by Crippen LogP contribution is -2.51. The van der Waals surface area contributed by atoms with Crippen LogP contribution in [0.1, 0.15) is 106 Å². The molecule has 4 N–H and O–H groups in total. The highest BCUT2D eigenvalue weighted by molar-refractivity contribution is 5.96. The average molecular weight is 921 g/mol. The first-order valence-corrected chi connectivity index (χ1v) is 22.5. The molecule has 2 fully saturated rings. The zero-order valence-electron chi connectivity index (χ0n) is 39.3. The van der Waals surface area contributed by atoms with Crippen LogP contribution in [0, 0.1) is 11.6 Å². The predicted octanol–water partition coefficient (Wildman–Crippen LogP) is 7.35. The molecule has 0 saturated carbocycles. The minimum absolute atomic E-state index is 0.0510. The van der Waals surface area contributed by atoms with Crippen LogP contribution in [0.4, 0.5) is 18.4 Å². The number of ether oxygens (including phenoxy) is 4. The minimum atomic E-state index is -0.968. The Bertz CT molecular complexity index is 2320. The Hall–Kier alpha value is -6.20. The number of aromatic amines is 2. The Kier molecular flexibility index (Phi) is 14.7. The molecule has 16 nitrogen and oxygen atoms in total. The van der Waals surface area contributed by atoms with Crippen molar-refractivity contribution in [3.05, 3.63) is 59.2 Å². The number of rotatable bonds is 13. The molecule has 1 unspecified atom stereocenters. The molecule has 0 aliphatic carbocycles. The van der Waals surface area contributed by atoms with E-state index in [1.165, 1.54) is 38.1 Å². The lowest BCUT2D eigenvalue weighted by Gasteiger charge is -2.30. The van der Waals surface area contributed by atoms with Crippen molar-refractivity contribution < 1.29 is 56.5 Å². The standard InChI is InChI=1S/C48H62F2N6O10/c1-11-37(53-45(61)65-47(5,6)7)43(59)55-23-31(63-25(3)57)19-29(55)21-35-33-15-13-27(49)17-39(33)51-41(35)42-36(34-16-14-28(50)18-40(34)52-42)22-30-20-32(64-26(4)58)24-56(30)44(60)38(12-2)54-46(62)66-48(8,9)10/h13-18,29-32,37-38,51-52H,11-12,19-24H2,1-10H3,(H,53,61)(H,54,62)/t29-,30?,31-,32-,37+,38-/m0/s1. The number of amides is 4. The third-order valence-corrected chi connectivity index (χ3v) is 11.6. The largest absolute Gasteiger partial charge is 0.461 e. The molecule has 2 aliphatic rings.